The summed E-state index contributed by atoms with van der Waals surface area (Å²) in [6.45, 7) is 7.03. The van der Waals surface area contributed by atoms with E-state index in [4.69, 9.17) is 0 Å². The van der Waals surface area contributed by atoms with Crippen molar-refractivity contribution in [3.8, 4) is 0 Å². The molecule has 25 heavy (non-hydrogen) atoms. The molecule has 0 unspecified atom stereocenters. The van der Waals surface area contributed by atoms with Gasteiger partial charge in [-0.25, -0.2) is 0 Å². The molecule has 0 fully saturated rings. The van der Waals surface area contributed by atoms with E-state index < -0.39 is 0 Å². The SMILES string of the molecule is CCN(CCSS)c1ccc(/C=C(\C)c2cccc[n+]2CCO)cc1. The van der Waals surface area contributed by atoms with Crippen molar-refractivity contribution in [1.29, 1.82) is 0 Å². The zero-order chi connectivity index (χ0) is 18.1. The molecule has 5 heteroatoms. The van der Waals surface area contributed by atoms with Crippen LogP contribution in [0.1, 0.15) is 25.1 Å². The number of anilines is 1. The van der Waals surface area contributed by atoms with E-state index in [0.717, 1.165) is 24.5 Å². The van der Waals surface area contributed by atoms with E-state index in [2.05, 4.69) is 71.4 Å². The lowest BCUT2D eigenvalue weighted by atomic mass is 10.1. The fraction of sp³-hybridized carbons (Fsp3) is 0.350. The third-order valence-electron chi connectivity index (χ3n) is 4.16. The smallest absolute Gasteiger partial charge is 0.208 e. The highest BCUT2D eigenvalue weighted by molar-refractivity contribution is 8.68. The van der Waals surface area contributed by atoms with Crippen LogP contribution in [0.4, 0.5) is 5.69 Å². The number of hydrogen-bond acceptors (Lipinski definition) is 4. The Balaban J connectivity index is 2.18. The average molecular weight is 376 g/mol. The first-order chi connectivity index (χ1) is 12.2. The van der Waals surface area contributed by atoms with Gasteiger partial charge >= 0.3 is 0 Å². The molecule has 0 bridgehead atoms. The number of aliphatic hydroxyl groups excluding tert-OH is 1. The second-order valence-corrected chi connectivity index (χ2v) is 7.28. The summed E-state index contributed by atoms with van der Waals surface area (Å²) in [4.78, 5) is 2.36. The minimum absolute atomic E-state index is 0.140. The van der Waals surface area contributed by atoms with Crippen LogP contribution in [0, 0.1) is 0 Å². The summed E-state index contributed by atoms with van der Waals surface area (Å²) in [7, 11) is 1.58. The zero-order valence-electron chi connectivity index (χ0n) is 14.9. The maximum absolute atomic E-state index is 9.23. The van der Waals surface area contributed by atoms with Crippen LogP contribution in [0.2, 0.25) is 0 Å². The van der Waals surface area contributed by atoms with Gasteiger partial charge in [0, 0.05) is 42.2 Å². The summed E-state index contributed by atoms with van der Waals surface area (Å²) in [6.07, 6.45) is 4.19. The molecule has 0 radical (unpaired) electrons. The minimum Gasteiger partial charge on any atom is -0.390 e. The molecule has 0 spiro atoms. The molecule has 3 nitrogen and oxygen atoms in total. The van der Waals surface area contributed by atoms with E-state index >= 15 is 0 Å². The van der Waals surface area contributed by atoms with E-state index in [9.17, 15) is 5.11 Å². The standard InChI is InChI=1S/C20H26N2OS2/c1-3-21(13-15-25-24)19-9-7-18(8-10-19)16-17(2)20-6-4-5-11-22(20)12-14-23/h4-11,16,23H,3,12-15H2,1-2H3/p+1. The van der Waals surface area contributed by atoms with Crippen molar-refractivity contribution in [3.63, 3.8) is 0 Å². The molecule has 1 N–H and O–H groups in total. The summed E-state index contributed by atoms with van der Waals surface area (Å²) in [6, 6.07) is 14.8. The highest BCUT2D eigenvalue weighted by Crippen LogP contribution is 2.20. The predicted molar refractivity (Wildman–Crippen MR) is 113 cm³/mol. The van der Waals surface area contributed by atoms with Crippen LogP contribution in [0.25, 0.3) is 11.6 Å². The van der Waals surface area contributed by atoms with Crippen LogP contribution < -0.4 is 9.47 Å². The van der Waals surface area contributed by atoms with Gasteiger partial charge < -0.3 is 10.0 Å². The third kappa shape index (κ3) is 5.80. The second-order valence-electron chi connectivity index (χ2n) is 5.83. The van der Waals surface area contributed by atoms with E-state index in [1.807, 2.05) is 18.3 Å². The van der Waals surface area contributed by atoms with Gasteiger partial charge in [-0.15, -0.1) is 11.7 Å². The quantitative estimate of drug-likeness (QED) is 0.395. The van der Waals surface area contributed by atoms with E-state index in [-0.39, 0.29) is 6.61 Å². The lowest BCUT2D eigenvalue weighted by Crippen LogP contribution is -2.38. The van der Waals surface area contributed by atoms with Crippen molar-refractivity contribution in [1.82, 2.24) is 0 Å². The van der Waals surface area contributed by atoms with Crippen molar-refractivity contribution in [3.05, 3.63) is 59.9 Å². The minimum atomic E-state index is 0.140. The number of aromatic nitrogens is 1. The molecular weight excluding hydrogens is 348 g/mol. The molecule has 1 aromatic carbocycles. The predicted octanol–water partition coefficient (Wildman–Crippen LogP) is 3.93. The Bertz CT molecular complexity index is 686. The van der Waals surface area contributed by atoms with E-state index in [1.165, 1.54) is 16.8 Å². The summed E-state index contributed by atoms with van der Waals surface area (Å²) in [5.41, 5.74) is 4.73. The van der Waals surface area contributed by atoms with Gasteiger partial charge in [0.1, 0.15) is 6.61 Å². The van der Waals surface area contributed by atoms with Gasteiger partial charge in [-0.2, -0.15) is 4.57 Å². The monoisotopic (exact) mass is 375 g/mol. The number of aliphatic hydroxyl groups is 1. The molecule has 0 aliphatic heterocycles. The lowest BCUT2D eigenvalue weighted by molar-refractivity contribution is -0.700. The van der Waals surface area contributed by atoms with E-state index in [0.29, 0.717) is 6.54 Å². The van der Waals surface area contributed by atoms with Gasteiger partial charge in [0.2, 0.25) is 5.69 Å². The van der Waals surface area contributed by atoms with Gasteiger partial charge in [0.05, 0.1) is 0 Å². The number of thiol groups is 1. The molecule has 0 saturated heterocycles. The average Bonchev–Trinajstić information content (AvgIpc) is 2.64. The first-order valence-electron chi connectivity index (χ1n) is 8.59. The number of hydrogen-bond donors (Lipinski definition) is 2. The Morgan fingerprint density at radius 1 is 1.24 bits per heavy atom. The van der Waals surface area contributed by atoms with Crippen molar-refractivity contribution in [2.75, 3.05) is 30.3 Å². The highest BCUT2D eigenvalue weighted by Gasteiger charge is 2.11. The summed E-state index contributed by atoms with van der Waals surface area (Å²) in [5, 5.41) is 9.23. The molecule has 0 atom stereocenters. The summed E-state index contributed by atoms with van der Waals surface area (Å²) < 4.78 is 2.08. The van der Waals surface area contributed by atoms with Crippen molar-refractivity contribution in [2.45, 2.75) is 20.4 Å². The Kier molecular flexibility index (Phi) is 8.38. The number of benzene rings is 1. The zero-order valence-corrected chi connectivity index (χ0v) is 16.6. The Morgan fingerprint density at radius 3 is 2.64 bits per heavy atom. The van der Waals surface area contributed by atoms with Crippen molar-refractivity contribution < 1.29 is 9.67 Å². The fourth-order valence-electron chi connectivity index (χ4n) is 2.86. The molecule has 2 rings (SSSR count). The molecule has 2 aromatic rings. The Morgan fingerprint density at radius 2 is 2.00 bits per heavy atom. The molecule has 0 amide bonds. The van der Waals surface area contributed by atoms with Gasteiger partial charge in [-0.3, -0.25) is 0 Å². The van der Waals surface area contributed by atoms with Gasteiger partial charge in [0.25, 0.3) is 0 Å². The van der Waals surface area contributed by atoms with Gasteiger partial charge in [-0.05, 0) is 43.7 Å². The van der Waals surface area contributed by atoms with Crippen LogP contribution in [-0.2, 0) is 6.54 Å². The third-order valence-corrected chi connectivity index (χ3v) is 5.07. The van der Waals surface area contributed by atoms with Crippen LogP contribution in [0.15, 0.2) is 48.7 Å². The number of pyridine rings is 1. The summed E-state index contributed by atoms with van der Waals surface area (Å²) >= 11 is 4.22. The number of allylic oxidation sites excluding steroid dienone is 1. The maximum atomic E-state index is 9.23. The van der Waals surface area contributed by atoms with Gasteiger partial charge in [-0.1, -0.05) is 22.9 Å². The highest BCUT2D eigenvalue weighted by atomic mass is 33.1. The summed E-state index contributed by atoms with van der Waals surface area (Å²) in [5.74, 6) is 1.01. The normalized spacial score (nSPS) is 11.6. The molecule has 1 aromatic heterocycles. The van der Waals surface area contributed by atoms with Gasteiger partial charge in [0.15, 0.2) is 12.7 Å². The molecule has 1 heterocycles. The van der Waals surface area contributed by atoms with E-state index in [1.54, 1.807) is 10.8 Å². The maximum Gasteiger partial charge on any atom is 0.208 e. The van der Waals surface area contributed by atoms with Crippen LogP contribution in [-0.4, -0.2) is 30.6 Å². The van der Waals surface area contributed by atoms with Crippen molar-refractivity contribution >= 4 is 39.8 Å². The number of nitrogens with zero attached hydrogens (tertiary/aromatic N) is 2. The van der Waals surface area contributed by atoms with Crippen LogP contribution >= 0.6 is 22.5 Å². The fourth-order valence-corrected chi connectivity index (χ4v) is 3.41. The Labute approximate surface area is 160 Å². The lowest BCUT2D eigenvalue weighted by Gasteiger charge is -2.22. The number of rotatable bonds is 9. The second kappa shape index (κ2) is 10.5. The van der Waals surface area contributed by atoms with Crippen LogP contribution in [0.3, 0.4) is 0 Å². The first-order valence-corrected chi connectivity index (χ1v) is 10.6. The molecule has 134 valence electrons. The largest absolute Gasteiger partial charge is 0.390 e. The molecular formula is C20H27N2OS2+. The van der Waals surface area contributed by atoms with Crippen molar-refractivity contribution in [2.24, 2.45) is 0 Å². The Hall–Kier alpha value is -1.43. The van der Waals surface area contributed by atoms with Crippen LogP contribution in [0.5, 0.6) is 0 Å². The molecule has 0 aliphatic rings. The molecule has 0 saturated carbocycles. The first kappa shape index (κ1) is 19.9. The topological polar surface area (TPSA) is 27.4 Å². The molecule has 0 aliphatic carbocycles.